The van der Waals surface area contributed by atoms with Crippen LogP contribution in [0.3, 0.4) is 0 Å². The minimum absolute atomic E-state index is 0.0287. The summed E-state index contributed by atoms with van der Waals surface area (Å²) in [6.45, 7) is 4.67. The van der Waals surface area contributed by atoms with Gasteiger partial charge in [-0.15, -0.1) is 0 Å². The fourth-order valence-corrected chi connectivity index (χ4v) is 3.24. The molecule has 15 heavy (non-hydrogen) atoms. The summed E-state index contributed by atoms with van der Waals surface area (Å²) in [6.07, 6.45) is 2.12. The minimum atomic E-state index is -2.96. The van der Waals surface area contributed by atoms with Gasteiger partial charge in [-0.05, 0) is 19.4 Å². The summed E-state index contributed by atoms with van der Waals surface area (Å²) < 4.78 is 23.3. The summed E-state index contributed by atoms with van der Waals surface area (Å²) in [7, 11) is -2.96. The van der Waals surface area contributed by atoms with E-state index < -0.39 is 9.84 Å². The summed E-state index contributed by atoms with van der Waals surface area (Å²) in [5.74, 6) is 0.401. The first-order valence-electron chi connectivity index (χ1n) is 5.60. The number of aliphatic hydroxyl groups is 1. The Kier molecular flexibility index (Phi) is 8.00. The number of rotatable bonds is 9. The molecule has 5 heteroatoms. The van der Waals surface area contributed by atoms with E-state index in [9.17, 15) is 8.42 Å². The van der Waals surface area contributed by atoms with Gasteiger partial charge in [0.2, 0.25) is 0 Å². The highest BCUT2D eigenvalue weighted by Crippen LogP contribution is 2.02. The van der Waals surface area contributed by atoms with E-state index in [1.165, 1.54) is 0 Å². The van der Waals surface area contributed by atoms with Gasteiger partial charge in [-0.3, -0.25) is 0 Å². The molecule has 0 aromatic heterocycles. The molecule has 0 aromatic carbocycles. The molecule has 0 heterocycles. The second-order valence-corrected chi connectivity index (χ2v) is 5.96. The fraction of sp³-hybridized carbons (Fsp3) is 1.00. The summed E-state index contributed by atoms with van der Waals surface area (Å²) in [5, 5.41) is 11.9. The molecule has 0 aromatic rings. The first kappa shape index (κ1) is 14.9. The number of nitrogens with one attached hydrogen (secondary N) is 1. The maximum absolute atomic E-state index is 11.6. The normalized spacial score (nSPS) is 14.1. The van der Waals surface area contributed by atoms with Crippen molar-refractivity contribution in [1.82, 2.24) is 5.32 Å². The molecule has 1 unspecified atom stereocenters. The average molecular weight is 237 g/mol. The third kappa shape index (κ3) is 7.76. The van der Waals surface area contributed by atoms with Crippen LogP contribution in [0.1, 0.15) is 33.1 Å². The zero-order valence-electron chi connectivity index (χ0n) is 9.70. The zero-order chi connectivity index (χ0) is 11.7. The van der Waals surface area contributed by atoms with Gasteiger partial charge in [0.1, 0.15) is 0 Å². The summed E-state index contributed by atoms with van der Waals surface area (Å²) in [6, 6.07) is -0.109. The molecule has 0 rings (SSSR count). The lowest BCUT2D eigenvalue weighted by atomic mass is 10.2. The van der Waals surface area contributed by atoms with Gasteiger partial charge in [0, 0.05) is 12.6 Å². The van der Waals surface area contributed by atoms with E-state index in [0.29, 0.717) is 6.42 Å². The minimum Gasteiger partial charge on any atom is -0.396 e. The van der Waals surface area contributed by atoms with Gasteiger partial charge in [-0.1, -0.05) is 20.3 Å². The SMILES string of the molecule is CCCCS(=O)(=O)CC(CCO)NCC. The zero-order valence-corrected chi connectivity index (χ0v) is 10.5. The van der Waals surface area contributed by atoms with E-state index in [1.807, 2.05) is 13.8 Å². The molecule has 0 spiro atoms. The van der Waals surface area contributed by atoms with E-state index in [2.05, 4.69) is 5.32 Å². The van der Waals surface area contributed by atoms with Crippen LogP contribution in [-0.2, 0) is 9.84 Å². The number of aliphatic hydroxyl groups excluding tert-OH is 1. The second-order valence-electron chi connectivity index (χ2n) is 3.73. The molecule has 0 aliphatic heterocycles. The highest BCUT2D eigenvalue weighted by molar-refractivity contribution is 7.91. The van der Waals surface area contributed by atoms with Crippen molar-refractivity contribution in [3.05, 3.63) is 0 Å². The van der Waals surface area contributed by atoms with Crippen LogP contribution in [0, 0.1) is 0 Å². The third-order valence-corrected chi connectivity index (χ3v) is 4.06. The van der Waals surface area contributed by atoms with Crippen LogP contribution < -0.4 is 5.32 Å². The van der Waals surface area contributed by atoms with Crippen LogP contribution >= 0.6 is 0 Å². The summed E-state index contributed by atoms with van der Waals surface area (Å²) in [4.78, 5) is 0. The van der Waals surface area contributed by atoms with Crippen LogP contribution in [0.2, 0.25) is 0 Å². The number of unbranched alkanes of at least 4 members (excludes halogenated alkanes) is 1. The smallest absolute Gasteiger partial charge is 0.151 e. The molecule has 0 radical (unpaired) electrons. The first-order valence-corrected chi connectivity index (χ1v) is 7.42. The lowest BCUT2D eigenvalue weighted by Crippen LogP contribution is -2.37. The highest BCUT2D eigenvalue weighted by Gasteiger charge is 2.17. The molecule has 0 aliphatic carbocycles. The van der Waals surface area contributed by atoms with E-state index in [4.69, 9.17) is 5.11 Å². The average Bonchev–Trinajstić information content (AvgIpc) is 2.15. The lowest BCUT2D eigenvalue weighted by molar-refractivity contribution is 0.270. The van der Waals surface area contributed by atoms with Crippen molar-refractivity contribution >= 4 is 9.84 Å². The van der Waals surface area contributed by atoms with Crippen LogP contribution in [0.5, 0.6) is 0 Å². The highest BCUT2D eigenvalue weighted by atomic mass is 32.2. The monoisotopic (exact) mass is 237 g/mol. The molecular formula is C10H23NO3S. The van der Waals surface area contributed by atoms with Gasteiger partial charge < -0.3 is 10.4 Å². The van der Waals surface area contributed by atoms with Crippen LogP contribution in [-0.4, -0.2) is 44.2 Å². The molecule has 0 fully saturated rings. The molecule has 1 atom stereocenters. The maximum atomic E-state index is 11.6. The largest absolute Gasteiger partial charge is 0.396 e. The predicted octanol–water partition coefficient (Wildman–Crippen LogP) is 0.562. The van der Waals surface area contributed by atoms with Gasteiger partial charge in [0.05, 0.1) is 11.5 Å². The van der Waals surface area contributed by atoms with E-state index >= 15 is 0 Å². The van der Waals surface area contributed by atoms with E-state index in [-0.39, 0.29) is 24.2 Å². The number of hydrogen-bond donors (Lipinski definition) is 2. The molecule has 0 saturated heterocycles. The van der Waals surface area contributed by atoms with E-state index in [1.54, 1.807) is 0 Å². The Morgan fingerprint density at radius 3 is 2.47 bits per heavy atom. The molecular weight excluding hydrogens is 214 g/mol. The van der Waals surface area contributed by atoms with Crippen molar-refractivity contribution in [2.75, 3.05) is 24.7 Å². The molecule has 0 aliphatic rings. The van der Waals surface area contributed by atoms with Crippen molar-refractivity contribution in [2.45, 2.75) is 39.2 Å². The van der Waals surface area contributed by atoms with Crippen LogP contribution in [0.15, 0.2) is 0 Å². The van der Waals surface area contributed by atoms with Crippen molar-refractivity contribution in [3.63, 3.8) is 0 Å². The third-order valence-electron chi connectivity index (χ3n) is 2.23. The van der Waals surface area contributed by atoms with Crippen molar-refractivity contribution in [1.29, 1.82) is 0 Å². The van der Waals surface area contributed by atoms with Gasteiger partial charge in [-0.2, -0.15) is 0 Å². The molecule has 92 valence electrons. The fourth-order valence-electron chi connectivity index (χ4n) is 1.44. The molecule has 0 amide bonds. The molecule has 2 N–H and O–H groups in total. The Hall–Kier alpha value is -0.130. The maximum Gasteiger partial charge on any atom is 0.151 e. The number of sulfone groups is 1. The van der Waals surface area contributed by atoms with Gasteiger partial charge in [-0.25, -0.2) is 8.42 Å². The van der Waals surface area contributed by atoms with Gasteiger partial charge in [0.15, 0.2) is 9.84 Å². The number of hydrogen-bond acceptors (Lipinski definition) is 4. The first-order chi connectivity index (χ1) is 7.05. The Morgan fingerprint density at radius 1 is 1.33 bits per heavy atom. The Morgan fingerprint density at radius 2 is 2.00 bits per heavy atom. The van der Waals surface area contributed by atoms with Gasteiger partial charge >= 0.3 is 0 Å². The quantitative estimate of drug-likeness (QED) is 0.615. The van der Waals surface area contributed by atoms with Gasteiger partial charge in [0.25, 0.3) is 0 Å². The van der Waals surface area contributed by atoms with Crippen LogP contribution in [0.25, 0.3) is 0 Å². The summed E-state index contributed by atoms with van der Waals surface area (Å²) in [5.41, 5.74) is 0. The standard InChI is InChI=1S/C10H23NO3S/c1-3-5-8-15(13,14)9-10(6-7-12)11-4-2/h10-12H,3-9H2,1-2H3. The van der Waals surface area contributed by atoms with Crippen molar-refractivity contribution < 1.29 is 13.5 Å². The van der Waals surface area contributed by atoms with E-state index in [0.717, 1.165) is 19.4 Å². The predicted molar refractivity (Wildman–Crippen MR) is 62.7 cm³/mol. The second kappa shape index (κ2) is 8.07. The van der Waals surface area contributed by atoms with Crippen LogP contribution in [0.4, 0.5) is 0 Å². The molecule has 4 nitrogen and oxygen atoms in total. The summed E-state index contributed by atoms with van der Waals surface area (Å²) >= 11 is 0. The lowest BCUT2D eigenvalue weighted by Gasteiger charge is -2.16. The van der Waals surface area contributed by atoms with Crippen molar-refractivity contribution in [2.24, 2.45) is 0 Å². The molecule has 0 bridgehead atoms. The molecule has 0 saturated carbocycles. The Labute approximate surface area is 93.0 Å². The Balaban J connectivity index is 4.12. The Bertz CT molecular complexity index is 233. The van der Waals surface area contributed by atoms with Crippen molar-refractivity contribution in [3.8, 4) is 0 Å². The topological polar surface area (TPSA) is 66.4 Å².